The van der Waals surface area contributed by atoms with E-state index in [4.69, 9.17) is 0 Å². The molecule has 2 unspecified atom stereocenters. The lowest BCUT2D eigenvalue weighted by molar-refractivity contribution is -0.178. The Bertz CT molecular complexity index is 358. The highest BCUT2D eigenvalue weighted by Gasteiger charge is 2.55. The molecule has 2 N–H and O–H groups in total. The zero-order chi connectivity index (χ0) is 14.0. The van der Waals surface area contributed by atoms with Crippen molar-refractivity contribution in [3.8, 4) is 0 Å². The highest BCUT2D eigenvalue weighted by atomic mass is 32.1. The van der Waals surface area contributed by atoms with E-state index in [1.807, 2.05) is 0 Å². The molecule has 0 aromatic heterocycles. The van der Waals surface area contributed by atoms with Crippen LogP contribution in [-0.4, -0.2) is 26.9 Å². The van der Waals surface area contributed by atoms with Crippen molar-refractivity contribution in [2.24, 2.45) is 17.8 Å². The Hall–Kier alpha value is -0.550. The summed E-state index contributed by atoms with van der Waals surface area (Å²) >= 11 is 3.89. The molecular weight excluding hydrogens is 264 g/mol. The zero-order valence-corrected chi connectivity index (χ0v) is 11.9. The maximum absolute atomic E-state index is 11.9. The first-order chi connectivity index (χ1) is 8.98. The number of hydrogen-bond acceptors (Lipinski definition) is 3. The Kier molecular flexibility index (Phi) is 4.56. The fourth-order valence-corrected chi connectivity index (χ4v) is 4.38. The number of carbonyl (C=O) groups is 2. The topological polar surface area (TPSA) is 74.6 Å². The first-order valence-corrected chi connectivity index (χ1v) is 7.61. The van der Waals surface area contributed by atoms with Gasteiger partial charge < -0.3 is 10.2 Å². The molecule has 5 heteroatoms. The van der Waals surface area contributed by atoms with Gasteiger partial charge in [0.2, 0.25) is 0 Å². The van der Waals surface area contributed by atoms with E-state index >= 15 is 0 Å². The molecular formula is C14H22O4S. The van der Waals surface area contributed by atoms with E-state index < -0.39 is 22.6 Å². The van der Waals surface area contributed by atoms with E-state index in [-0.39, 0.29) is 11.8 Å². The summed E-state index contributed by atoms with van der Waals surface area (Å²) < 4.78 is 0. The van der Waals surface area contributed by atoms with Crippen LogP contribution in [0.3, 0.4) is 0 Å². The van der Waals surface area contributed by atoms with Crippen molar-refractivity contribution >= 4 is 23.7 Å². The van der Waals surface area contributed by atoms with Crippen LogP contribution >= 0.6 is 12.6 Å². The third-order valence-electron chi connectivity index (χ3n) is 4.93. The summed E-state index contributed by atoms with van der Waals surface area (Å²) in [6, 6.07) is 0. The van der Waals surface area contributed by atoms with Crippen molar-refractivity contribution in [1.29, 1.82) is 0 Å². The second-order valence-corrected chi connectivity index (χ2v) is 6.41. The summed E-state index contributed by atoms with van der Waals surface area (Å²) in [5, 5.41) is 19.9. The fourth-order valence-electron chi connectivity index (χ4n) is 3.97. The second-order valence-electron chi connectivity index (χ2n) is 5.97. The van der Waals surface area contributed by atoms with Crippen LogP contribution in [-0.2, 0) is 9.59 Å². The van der Waals surface area contributed by atoms with Gasteiger partial charge in [0, 0.05) is 0 Å². The van der Waals surface area contributed by atoms with Crippen molar-refractivity contribution in [1.82, 2.24) is 0 Å². The summed E-state index contributed by atoms with van der Waals surface area (Å²) in [4.78, 5) is 23.6. The largest absolute Gasteiger partial charge is 0.479 e. The monoisotopic (exact) mass is 286 g/mol. The van der Waals surface area contributed by atoms with Crippen molar-refractivity contribution < 1.29 is 19.8 Å². The van der Waals surface area contributed by atoms with Crippen LogP contribution in [0.5, 0.6) is 0 Å². The van der Waals surface area contributed by atoms with Crippen molar-refractivity contribution in [2.75, 3.05) is 0 Å². The highest BCUT2D eigenvalue weighted by Crippen LogP contribution is 2.46. The molecule has 0 bridgehead atoms. The molecule has 2 atom stereocenters. The van der Waals surface area contributed by atoms with E-state index in [0.717, 1.165) is 38.5 Å². The summed E-state index contributed by atoms with van der Waals surface area (Å²) in [7, 11) is 0. The minimum atomic E-state index is -1.93. The number of hydrogen-bond donors (Lipinski definition) is 3. The average Bonchev–Trinajstić information content (AvgIpc) is 3.01. The summed E-state index contributed by atoms with van der Waals surface area (Å²) in [5.74, 6) is -2.46. The fraction of sp³-hybridized carbons (Fsp3) is 0.857. The number of carboxylic acid groups (broad SMARTS) is 1. The molecule has 4 nitrogen and oxygen atoms in total. The van der Waals surface area contributed by atoms with Crippen LogP contribution in [0.1, 0.15) is 51.4 Å². The van der Waals surface area contributed by atoms with E-state index in [1.54, 1.807) is 0 Å². The maximum Gasteiger partial charge on any atom is 0.336 e. The number of carbonyl (C=O) groups excluding carboxylic acids is 1. The molecule has 19 heavy (non-hydrogen) atoms. The molecule has 2 aliphatic rings. The van der Waals surface area contributed by atoms with E-state index in [9.17, 15) is 19.8 Å². The van der Waals surface area contributed by atoms with E-state index in [1.165, 1.54) is 0 Å². The molecule has 2 aliphatic carbocycles. The van der Waals surface area contributed by atoms with Gasteiger partial charge in [0.25, 0.3) is 0 Å². The minimum Gasteiger partial charge on any atom is -0.479 e. The first-order valence-electron chi connectivity index (χ1n) is 7.16. The molecule has 0 aliphatic heterocycles. The Balaban J connectivity index is 2.32. The molecule has 2 saturated carbocycles. The molecule has 0 aromatic rings. The number of thiol groups is 1. The van der Waals surface area contributed by atoms with E-state index in [0.29, 0.717) is 12.8 Å². The van der Waals surface area contributed by atoms with Gasteiger partial charge in [-0.05, 0) is 37.5 Å². The molecule has 2 fully saturated rings. The van der Waals surface area contributed by atoms with Gasteiger partial charge >= 0.3 is 5.97 Å². The Morgan fingerprint density at radius 1 is 1.05 bits per heavy atom. The lowest BCUT2D eigenvalue weighted by atomic mass is 9.70. The van der Waals surface area contributed by atoms with Gasteiger partial charge in [-0.25, -0.2) is 4.79 Å². The molecule has 0 heterocycles. The van der Waals surface area contributed by atoms with Gasteiger partial charge in [-0.1, -0.05) is 25.7 Å². The second kappa shape index (κ2) is 5.83. The maximum atomic E-state index is 11.9. The SMILES string of the molecule is O=C(S)C(C1CCCC1)C(O)(C(=O)O)C1CCCC1. The van der Waals surface area contributed by atoms with Gasteiger partial charge in [0.1, 0.15) is 0 Å². The van der Waals surface area contributed by atoms with Crippen LogP contribution in [0.4, 0.5) is 0 Å². The van der Waals surface area contributed by atoms with Crippen molar-refractivity contribution in [3.63, 3.8) is 0 Å². The first kappa shape index (κ1) is 14.9. The Morgan fingerprint density at radius 3 is 1.95 bits per heavy atom. The van der Waals surface area contributed by atoms with Gasteiger partial charge in [-0.3, -0.25) is 4.79 Å². The molecule has 0 saturated heterocycles. The van der Waals surface area contributed by atoms with Crippen LogP contribution in [0.2, 0.25) is 0 Å². The predicted molar refractivity (Wildman–Crippen MR) is 74.0 cm³/mol. The summed E-state index contributed by atoms with van der Waals surface area (Å²) in [6.45, 7) is 0. The van der Waals surface area contributed by atoms with Crippen LogP contribution in [0.15, 0.2) is 0 Å². The van der Waals surface area contributed by atoms with Gasteiger partial charge in [0.05, 0.1) is 5.92 Å². The van der Waals surface area contributed by atoms with E-state index in [2.05, 4.69) is 12.6 Å². The third-order valence-corrected chi connectivity index (χ3v) is 5.21. The lowest BCUT2D eigenvalue weighted by Crippen LogP contribution is -2.55. The van der Waals surface area contributed by atoms with Crippen LogP contribution in [0, 0.1) is 17.8 Å². The predicted octanol–water partition coefficient (Wildman–Crippen LogP) is 2.26. The van der Waals surface area contributed by atoms with Crippen LogP contribution < -0.4 is 0 Å². The summed E-state index contributed by atoms with van der Waals surface area (Å²) in [6.07, 6.45) is 6.88. The van der Waals surface area contributed by atoms with Gasteiger partial charge in [-0.15, -0.1) is 12.6 Å². The molecule has 0 aromatic carbocycles. The minimum absolute atomic E-state index is 0.0355. The number of carboxylic acids is 1. The summed E-state index contributed by atoms with van der Waals surface area (Å²) in [5.41, 5.74) is -1.93. The average molecular weight is 286 g/mol. The smallest absolute Gasteiger partial charge is 0.336 e. The molecule has 0 amide bonds. The number of rotatable bonds is 5. The molecule has 108 valence electrons. The standard InChI is InChI=1S/C14H22O4S/c15-12(19)11(9-5-1-2-6-9)14(18,13(16)17)10-7-3-4-8-10/h9-11,18H,1-8H2,(H,15,19)(H,16,17). The van der Waals surface area contributed by atoms with Gasteiger partial charge in [-0.2, -0.15) is 0 Å². The quantitative estimate of drug-likeness (QED) is 0.678. The number of aliphatic carboxylic acids is 1. The van der Waals surface area contributed by atoms with Crippen molar-refractivity contribution in [2.45, 2.75) is 57.0 Å². The van der Waals surface area contributed by atoms with Crippen molar-refractivity contribution in [3.05, 3.63) is 0 Å². The lowest BCUT2D eigenvalue weighted by Gasteiger charge is -2.38. The molecule has 2 rings (SSSR count). The van der Waals surface area contributed by atoms with Crippen LogP contribution in [0.25, 0.3) is 0 Å². The highest BCUT2D eigenvalue weighted by molar-refractivity contribution is 7.96. The normalized spacial score (nSPS) is 26.2. The Morgan fingerprint density at radius 2 is 1.53 bits per heavy atom. The number of aliphatic hydroxyl groups is 1. The molecule has 0 spiro atoms. The zero-order valence-electron chi connectivity index (χ0n) is 11.0. The third kappa shape index (κ3) is 2.68. The molecule has 0 radical (unpaired) electrons. The van der Waals surface area contributed by atoms with Gasteiger partial charge in [0.15, 0.2) is 10.7 Å². The Labute approximate surface area is 119 Å².